The van der Waals surface area contributed by atoms with Gasteiger partial charge in [-0.05, 0) is 50.1 Å². The lowest BCUT2D eigenvalue weighted by atomic mass is 10.2. The van der Waals surface area contributed by atoms with Crippen molar-refractivity contribution in [3.63, 3.8) is 0 Å². The van der Waals surface area contributed by atoms with Gasteiger partial charge in [0.15, 0.2) is 11.5 Å². The van der Waals surface area contributed by atoms with Crippen molar-refractivity contribution in [2.75, 3.05) is 6.54 Å². The Morgan fingerprint density at radius 2 is 1.97 bits per heavy atom. The average molecular weight is 421 g/mol. The molecule has 0 aliphatic heterocycles. The number of benzene rings is 1. The Labute approximate surface area is 171 Å². The summed E-state index contributed by atoms with van der Waals surface area (Å²) in [6.45, 7) is 4.22. The van der Waals surface area contributed by atoms with Crippen LogP contribution >= 0.6 is 0 Å². The van der Waals surface area contributed by atoms with Gasteiger partial charge in [0.2, 0.25) is 0 Å². The van der Waals surface area contributed by atoms with E-state index in [9.17, 15) is 18.0 Å². The molecule has 0 bridgehead atoms. The molecule has 3 rings (SSSR count). The maximum absolute atomic E-state index is 12.7. The zero-order valence-corrected chi connectivity index (χ0v) is 16.6. The molecule has 30 heavy (non-hydrogen) atoms. The second kappa shape index (κ2) is 9.06. The van der Waals surface area contributed by atoms with Crippen LogP contribution in [-0.2, 0) is 19.3 Å². The first-order chi connectivity index (χ1) is 14.2. The number of para-hydroxylation sites is 1. The highest BCUT2D eigenvalue weighted by molar-refractivity contribution is 5.91. The number of nitrogens with zero attached hydrogens (tertiary/aromatic N) is 2. The van der Waals surface area contributed by atoms with Crippen LogP contribution in [-0.4, -0.2) is 22.2 Å². The molecule has 0 unspecified atom stereocenters. The monoisotopic (exact) mass is 421 g/mol. The van der Waals surface area contributed by atoms with Gasteiger partial charge in [0.1, 0.15) is 18.1 Å². The Balaban J connectivity index is 1.45. The van der Waals surface area contributed by atoms with E-state index in [4.69, 9.17) is 9.15 Å². The number of furan rings is 1. The predicted molar refractivity (Wildman–Crippen MR) is 103 cm³/mol. The van der Waals surface area contributed by atoms with Gasteiger partial charge in [0, 0.05) is 18.8 Å². The van der Waals surface area contributed by atoms with E-state index in [2.05, 4.69) is 10.4 Å². The number of hydrogen-bond donors (Lipinski definition) is 1. The van der Waals surface area contributed by atoms with Crippen molar-refractivity contribution in [1.82, 2.24) is 15.1 Å². The van der Waals surface area contributed by atoms with Crippen LogP contribution in [0.1, 0.15) is 39.7 Å². The van der Waals surface area contributed by atoms with Crippen molar-refractivity contribution in [3.05, 3.63) is 70.9 Å². The molecule has 9 heteroatoms. The number of rotatable bonds is 8. The minimum absolute atomic E-state index is 0.146. The minimum Gasteiger partial charge on any atom is -0.485 e. The second-order valence-corrected chi connectivity index (χ2v) is 6.82. The van der Waals surface area contributed by atoms with E-state index in [0.717, 1.165) is 17.4 Å². The molecule has 3 aromatic rings. The summed E-state index contributed by atoms with van der Waals surface area (Å²) in [5.41, 5.74) is 0.495. The first kappa shape index (κ1) is 21.5. The highest BCUT2D eigenvalue weighted by Gasteiger charge is 2.34. The molecule has 1 aromatic carbocycles. The molecule has 0 fully saturated rings. The van der Waals surface area contributed by atoms with Crippen LogP contribution < -0.4 is 10.1 Å². The van der Waals surface area contributed by atoms with E-state index in [1.807, 2.05) is 31.2 Å². The number of hydrogen-bond acceptors (Lipinski definition) is 4. The van der Waals surface area contributed by atoms with E-state index < -0.39 is 17.8 Å². The third kappa shape index (κ3) is 5.43. The molecule has 2 aromatic heterocycles. The summed E-state index contributed by atoms with van der Waals surface area (Å²) in [6.07, 6.45) is -4.04. The molecule has 0 radical (unpaired) electrons. The molecular formula is C21H22F3N3O3. The number of halogens is 3. The molecule has 0 spiro atoms. The summed E-state index contributed by atoms with van der Waals surface area (Å²) in [5.74, 6) is 0.996. The number of aryl methyl sites for hydroxylation is 3. The van der Waals surface area contributed by atoms with Crippen molar-refractivity contribution >= 4 is 5.91 Å². The van der Waals surface area contributed by atoms with Crippen molar-refractivity contribution < 1.29 is 27.1 Å². The fourth-order valence-electron chi connectivity index (χ4n) is 2.84. The molecule has 0 aliphatic rings. The molecule has 1 amide bonds. The highest BCUT2D eigenvalue weighted by atomic mass is 19.4. The lowest BCUT2D eigenvalue weighted by Crippen LogP contribution is -2.25. The SMILES string of the molecule is Cc1ccccc1OCc1ccc(C(=O)NCCCn2nc(C(F)(F)F)cc2C)o1. The van der Waals surface area contributed by atoms with Gasteiger partial charge < -0.3 is 14.5 Å². The van der Waals surface area contributed by atoms with Crippen molar-refractivity contribution in [1.29, 1.82) is 0 Å². The maximum Gasteiger partial charge on any atom is 0.435 e. The van der Waals surface area contributed by atoms with Crippen LogP contribution in [0.4, 0.5) is 13.2 Å². The number of alkyl halides is 3. The van der Waals surface area contributed by atoms with Crippen LogP contribution in [0.25, 0.3) is 0 Å². The molecular weight excluding hydrogens is 399 g/mol. The Morgan fingerprint density at radius 1 is 1.20 bits per heavy atom. The summed E-state index contributed by atoms with van der Waals surface area (Å²) in [7, 11) is 0. The summed E-state index contributed by atoms with van der Waals surface area (Å²) >= 11 is 0. The molecule has 6 nitrogen and oxygen atoms in total. The zero-order valence-electron chi connectivity index (χ0n) is 16.6. The fourth-order valence-corrected chi connectivity index (χ4v) is 2.84. The van der Waals surface area contributed by atoms with E-state index >= 15 is 0 Å². The van der Waals surface area contributed by atoms with Crippen LogP contribution in [0.3, 0.4) is 0 Å². The van der Waals surface area contributed by atoms with Gasteiger partial charge in [0.05, 0.1) is 0 Å². The first-order valence-electron chi connectivity index (χ1n) is 9.41. The number of amides is 1. The van der Waals surface area contributed by atoms with Crippen molar-refractivity contribution in [2.45, 2.75) is 39.6 Å². The number of carbonyl (C=O) groups excluding carboxylic acids is 1. The normalized spacial score (nSPS) is 11.5. The maximum atomic E-state index is 12.7. The fraction of sp³-hybridized carbons (Fsp3) is 0.333. The topological polar surface area (TPSA) is 69.3 Å². The van der Waals surface area contributed by atoms with Gasteiger partial charge in [-0.2, -0.15) is 18.3 Å². The van der Waals surface area contributed by atoms with Crippen LogP contribution in [0, 0.1) is 13.8 Å². The second-order valence-electron chi connectivity index (χ2n) is 6.82. The number of aromatic nitrogens is 2. The van der Waals surface area contributed by atoms with Crippen molar-refractivity contribution in [3.8, 4) is 5.75 Å². The summed E-state index contributed by atoms with van der Waals surface area (Å²) < 4.78 is 50.5. The predicted octanol–water partition coefficient (Wildman–Crippen LogP) is 4.51. The third-order valence-electron chi connectivity index (χ3n) is 4.45. The first-order valence-corrected chi connectivity index (χ1v) is 9.41. The van der Waals surface area contributed by atoms with Gasteiger partial charge in [-0.1, -0.05) is 18.2 Å². The van der Waals surface area contributed by atoms with Gasteiger partial charge >= 0.3 is 6.18 Å². The van der Waals surface area contributed by atoms with E-state index in [-0.39, 0.29) is 25.5 Å². The van der Waals surface area contributed by atoms with Gasteiger partial charge in [-0.3, -0.25) is 9.48 Å². The molecule has 0 saturated heterocycles. The average Bonchev–Trinajstić information content (AvgIpc) is 3.31. The van der Waals surface area contributed by atoms with Crippen molar-refractivity contribution in [2.24, 2.45) is 0 Å². The Hall–Kier alpha value is -3.23. The van der Waals surface area contributed by atoms with E-state index in [0.29, 0.717) is 17.9 Å². The van der Waals surface area contributed by atoms with Gasteiger partial charge in [-0.15, -0.1) is 0 Å². The molecule has 0 atom stereocenters. The molecule has 160 valence electrons. The molecule has 0 saturated carbocycles. The third-order valence-corrected chi connectivity index (χ3v) is 4.45. The minimum atomic E-state index is -4.47. The molecule has 1 N–H and O–H groups in total. The lowest BCUT2D eigenvalue weighted by molar-refractivity contribution is -0.141. The highest BCUT2D eigenvalue weighted by Crippen LogP contribution is 2.28. The smallest absolute Gasteiger partial charge is 0.435 e. The summed E-state index contributed by atoms with van der Waals surface area (Å²) in [4.78, 5) is 12.2. The van der Waals surface area contributed by atoms with Gasteiger partial charge in [0.25, 0.3) is 5.91 Å². The van der Waals surface area contributed by atoms with E-state index in [1.54, 1.807) is 19.1 Å². The van der Waals surface area contributed by atoms with Crippen LogP contribution in [0.15, 0.2) is 46.9 Å². The Bertz CT molecular complexity index is 1010. The van der Waals surface area contributed by atoms with E-state index in [1.165, 1.54) is 4.68 Å². The van der Waals surface area contributed by atoms with Gasteiger partial charge in [-0.25, -0.2) is 0 Å². The molecule has 0 aliphatic carbocycles. The quantitative estimate of drug-likeness (QED) is 0.544. The largest absolute Gasteiger partial charge is 0.485 e. The number of carbonyl (C=O) groups is 1. The zero-order chi connectivity index (χ0) is 21.7. The molecule has 2 heterocycles. The lowest BCUT2D eigenvalue weighted by Gasteiger charge is -2.07. The van der Waals surface area contributed by atoms with Crippen LogP contribution in [0.5, 0.6) is 5.75 Å². The summed E-state index contributed by atoms with van der Waals surface area (Å²) in [6, 6.07) is 11.8. The Kier molecular flexibility index (Phi) is 6.49. The summed E-state index contributed by atoms with van der Waals surface area (Å²) in [5, 5.41) is 6.24. The number of nitrogens with one attached hydrogen (secondary N) is 1. The standard InChI is InChI=1S/C21H22F3N3O3/c1-14-6-3-4-7-17(14)29-13-16-8-9-18(30-16)20(28)25-10-5-11-27-15(2)12-19(26-27)21(22,23)24/h3-4,6-9,12H,5,10-11,13H2,1-2H3,(H,25,28). The van der Waals surface area contributed by atoms with Crippen LogP contribution in [0.2, 0.25) is 0 Å². The number of ether oxygens (including phenoxy) is 1. The Morgan fingerprint density at radius 3 is 2.67 bits per heavy atom.